The van der Waals surface area contributed by atoms with Gasteiger partial charge in [0.1, 0.15) is 5.00 Å². The summed E-state index contributed by atoms with van der Waals surface area (Å²) in [5.74, 6) is -0.792. The Morgan fingerprint density at radius 2 is 2.00 bits per heavy atom. The Morgan fingerprint density at radius 3 is 2.50 bits per heavy atom. The van der Waals surface area contributed by atoms with E-state index in [0.29, 0.717) is 30.1 Å². The van der Waals surface area contributed by atoms with Crippen LogP contribution in [-0.2, 0) is 9.53 Å². The first-order valence-electron chi connectivity index (χ1n) is 6.74. The van der Waals surface area contributed by atoms with Crippen molar-refractivity contribution in [2.75, 3.05) is 18.5 Å². The Kier molecular flexibility index (Phi) is 6.16. The van der Waals surface area contributed by atoms with Gasteiger partial charge < -0.3 is 15.8 Å². The molecule has 1 rings (SSSR count). The third-order valence-electron chi connectivity index (χ3n) is 3.25. The first-order chi connectivity index (χ1) is 9.46. The Bertz CT molecular complexity index is 493. The molecule has 0 aliphatic carbocycles. The molecular formula is C14H22N2O3S. The largest absolute Gasteiger partial charge is 0.462 e. The third kappa shape index (κ3) is 3.58. The Balaban J connectivity index is 3.03. The molecule has 6 heteroatoms. The monoisotopic (exact) mass is 298 g/mol. The smallest absolute Gasteiger partial charge is 0.341 e. The van der Waals surface area contributed by atoms with Gasteiger partial charge in [-0.05, 0) is 32.8 Å². The van der Waals surface area contributed by atoms with E-state index in [9.17, 15) is 9.59 Å². The van der Waals surface area contributed by atoms with Gasteiger partial charge >= 0.3 is 5.97 Å². The molecule has 1 unspecified atom stereocenters. The predicted molar refractivity (Wildman–Crippen MR) is 81.2 cm³/mol. The van der Waals surface area contributed by atoms with Gasteiger partial charge in [-0.15, -0.1) is 11.3 Å². The van der Waals surface area contributed by atoms with E-state index in [4.69, 9.17) is 10.5 Å². The van der Waals surface area contributed by atoms with E-state index in [1.54, 1.807) is 6.92 Å². The number of anilines is 1. The van der Waals surface area contributed by atoms with Gasteiger partial charge in [0, 0.05) is 11.4 Å². The van der Waals surface area contributed by atoms with Crippen LogP contribution in [0, 0.1) is 19.8 Å². The molecule has 0 saturated heterocycles. The van der Waals surface area contributed by atoms with E-state index in [2.05, 4.69) is 5.32 Å². The zero-order valence-electron chi connectivity index (χ0n) is 12.4. The predicted octanol–water partition coefficient (Wildman–Crippen LogP) is 2.47. The highest BCUT2D eigenvalue weighted by Gasteiger charge is 2.23. The van der Waals surface area contributed by atoms with Gasteiger partial charge in [-0.2, -0.15) is 0 Å². The first-order valence-corrected chi connectivity index (χ1v) is 7.55. The highest BCUT2D eigenvalue weighted by Crippen LogP contribution is 2.33. The number of carbonyl (C=O) groups is 2. The lowest BCUT2D eigenvalue weighted by molar-refractivity contribution is -0.119. The molecule has 0 aliphatic heterocycles. The summed E-state index contributed by atoms with van der Waals surface area (Å²) in [5.41, 5.74) is 6.87. The van der Waals surface area contributed by atoms with Gasteiger partial charge in [-0.25, -0.2) is 4.79 Å². The standard InChI is InChI=1S/C14H22N2O3S/c1-5-10(7-15)12(17)16-13-11(14(18)19-6-2)8(3)9(4)20-13/h10H,5-7,15H2,1-4H3,(H,16,17). The lowest BCUT2D eigenvalue weighted by Crippen LogP contribution is -2.29. The molecule has 1 atom stereocenters. The van der Waals surface area contributed by atoms with E-state index in [0.717, 1.165) is 10.4 Å². The maximum atomic E-state index is 12.1. The number of esters is 1. The number of nitrogens with one attached hydrogen (secondary N) is 1. The highest BCUT2D eigenvalue weighted by atomic mass is 32.1. The molecule has 5 nitrogen and oxygen atoms in total. The van der Waals surface area contributed by atoms with Gasteiger partial charge in [-0.3, -0.25) is 4.79 Å². The second-order valence-electron chi connectivity index (χ2n) is 4.54. The van der Waals surface area contributed by atoms with Gasteiger partial charge in [0.2, 0.25) is 5.91 Å². The molecule has 0 radical (unpaired) electrons. The minimum atomic E-state index is -0.398. The Morgan fingerprint density at radius 1 is 1.35 bits per heavy atom. The number of hydrogen-bond donors (Lipinski definition) is 2. The topological polar surface area (TPSA) is 81.4 Å². The third-order valence-corrected chi connectivity index (χ3v) is 4.37. The lowest BCUT2D eigenvalue weighted by Gasteiger charge is -2.12. The van der Waals surface area contributed by atoms with Crippen LogP contribution >= 0.6 is 11.3 Å². The fourth-order valence-electron chi connectivity index (χ4n) is 1.84. The molecule has 1 amide bonds. The molecule has 1 heterocycles. The average molecular weight is 298 g/mol. The van der Waals surface area contributed by atoms with Crippen LogP contribution in [0.1, 0.15) is 41.1 Å². The minimum Gasteiger partial charge on any atom is -0.462 e. The molecular weight excluding hydrogens is 276 g/mol. The van der Waals surface area contributed by atoms with Gasteiger partial charge in [0.15, 0.2) is 0 Å². The molecule has 0 fully saturated rings. The zero-order chi connectivity index (χ0) is 15.3. The number of amides is 1. The van der Waals surface area contributed by atoms with Crippen molar-refractivity contribution < 1.29 is 14.3 Å². The summed E-state index contributed by atoms with van der Waals surface area (Å²) in [6.07, 6.45) is 0.667. The van der Waals surface area contributed by atoms with Crippen molar-refractivity contribution in [3.05, 3.63) is 16.0 Å². The summed E-state index contributed by atoms with van der Waals surface area (Å²) >= 11 is 1.39. The molecule has 0 aromatic carbocycles. The number of nitrogens with two attached hydrogens (primary N) is 1. The lowest BCUT2D eigenvalue weighted by atomic mass is 10.1. The van der Waals surface area contributed by atoms with Crippen LogP contribution in [0.3, 0.4) is 0 Å². The van der Waals surface area contributed by atoms with Gasteiger partial charge in [0.25, 0.3) is 0 Å². The molecule has 0 aliphatic rings. The van der Waals surface area contributed by atoms with Crippen LogP contribution in [0.25, 0.3) is 0 Å². The van der Waals surface area contributed by atoms with Crippen molar-refractivity contribution in [2.45, 2.75) is 34.1 Å². The van der Waals surface area contributed by atoms with E-state index >= 15 is 0 Å². The molecule has 0 spiro atoms. The SMILES string of the molecule is CCOC(=O)c1c(NC(=O)C(CC)CN)sc(C)c1C. The molecule has 20 heavy (non-hydrogen) atoms. The van der Waals surface area contributed by atoms with Gasteiger partial charge in [0.05, 0.1) is 18.1 Å². The van der Waals surface area contributed by atoms with Crippen molar-refractivity contribution in [3.8, 4) is 0 Å². The van der Waals surface area contributed by atoms with Crippen LogP contribution in [0.5, 0.6) is 0 Å². The van der Waals surface area contributed by atoms with Crippen molar-refractivity contribution in [1.82, 2.24) is 0 Å². The van der Waals surface area contributed by atoms with E-state index < -0.39 is 5.97 Å². The van der Waals surface area contributed by atoms with Crippen LogP contribution in [0.4, 0.5) is 5.00 Å². The number of carbonyl (C=O) groups excluding carboxylic acids is 2. The van der Waals surface area contributed by atoms with Crippen LogP contribution in [-0.4, -0.2) is 25.0 Å². The number of rotatable bonds is 6. The van der Waals surface area contributed by atoms with Crippen LogP contribution < -0.4 is 11.1 Å². The van der Waals surface area contributed by atoms with E-state index in [1.165, 1.54) is 11.3 Å². The molecule has 0 saturated carbocycles. The zero-order valence-corrected chi connectivity index (χ0v) is 13.2. The van der Waals surface area contributed by atoms with Crippen molar-refractivity contribution in [2.24, 2.45) is 11.7 Å². The van der Waals surface area contributed by atoms with Crippen molar-refractivity contribution >= 4 is 28.2 Å². The first kappa shape index (κ1) is 16.7. The molecule has 3 N–H and O–H groups in total. The summed E-state index contributed by atoms with van der Waals surface area (Å²) in [6.45, 7) is 8.04. The van der Waals surface area contributed by atoms with E-state index in [-0.39, 0.29) is 11.8 Å². The maximum Gasteiger partial charge on any atom is 0.341 e. The van der Waals surface area contributed by atoms with Crippen LogP contribution in [0.2, 0.25) is 0 Å². The number of hydrogen-bond acceptors (Lipinski definition) is 5. The fourth-order valence-corrected chi connectivity index (χ4v) is 2.89. The summed E-state index contributed by atoms with van der Waals surface area (Å²) < 4.78 is 5.05. The summed E-state index contributed by atoms with van der Waals surface area (Å²) in [5, 5.41) is 3.36. The second-order valence-corrected chi connectivity index (χ2v) is 5.76. The van der Waals surface area contributed by atoms with Crippen LogP contribution in [0.15, 0.2) is 0 Å². The normalized spacial score (nSPS) is 12.1. The molecule has 112 valence electrons. The average Bonchev–Trinajstić information content (AvgIpc) is 2.66. The number of aryl methyl sites for hydroxylation is 1. The highest BCUT2D eigenvalue weighted by molar-refractivity contribution is 7.16. The van der Waals surface area contributed by atoms with E-state index in [1.807, 2.05) is 20.8 Å². The Labute approximate surface area is 123 Å². The maximum absolute atomic E-state index is 12.1. The minimum absolute atomic E-state index is 0.151. The second kappa shape index (κ2) is 7.40. The molecule has 1 aromatic rings. The summed E-state index contributed by atoms with van der Waals surface area (Å²) in [6, 6.07) is 0. The number of thiophene rings is 1. The molecule has 1 aromatic heterocycles. The fraction of sp³-hybridized carbons (Fsp3) is 0.571. The summed E-state index contributed by atoms with van der Waals surface area (Å²) in [4.78, 5) is 25.1. The molecule has 0 bridgehead atoms. The van der Waals surface area contributed by atoms with Crippen molar-refractivity contribution in [1.29, 1.82) is 0 Å². The Hall–Kier alpha value is -1.40. The van der Waals surface area contributed by atoms with Crippen molar-refractivity contribution in [3.63, 3.8) is 0 Å². The quantitative estimate of drug-likeness (QED) is 0.790. The number of ether oxygens (including phenoxy) is 1. The van der Waals surface area contributed by atoms with Gasteiger partial charge in [-0.1, -0.05) is 6.92 Å². The summed E-state index contributed by atoms with van der Waals surface area (Å²) in [7, 11) is 0.